The highest BCUT2D eigenvalue weighted by Gasteiger charge is 2.21. The normalized spacial score (nSPS) is 17.9. The molecule has 2 aromatic carbocycles. The van der Waals surface area contributed by atoms with E-state index in [1.165, 1.54) is 17.7 Å². The molecule has 0 saturated heterocycles. The zero-order valence-electron chi connectivity index (χ0n) is 11.9. The van der Waals surface area contributed by atoms with Crippen molar-refractivity contribution in [2.45, 2.75) is 12.5 Å². The van der Waals surface area contributed by atoms with Crippen molar-refractivity contribution >= 4 is 27.7 Å². The molecule has 0 saturated carbocycles. The van der Waals surface area contributed by atoms with E-state index in [9.17, 15) is 4.39 Å². The van der Waals surface area contributed by atoms with Gasteiger partial charge in [-0.15, -0.1) is 11.8 Å². The molecule has 0 fully saturated rings. The van der Waals surface area contributed by atoms with Gasteiger partial charge in [0.15, 0.2) is 0 Å². The number of fused-ring (bicyclic) bond motifs is 1. The van der Waals surface area contributed by atoms with Crippen molar-refractivity contribution in [1.29, 1.82) is 0 Å². The average Bonchev–Trinajstić information content (AvgIpc) is 3.14. The van der Waals surface area contributed by atoms with Crippen LogP contribution in [-0.2, 0) is 6.42 Å². The molecule has 1 aromatic heterocycles. The molecule has 0 radical (unpaired) electrons. The molecule has 1 aliphatic rings. The fraction of sp³-hybridized carbons (Fsp3) is 0.167. The Morgan fingerprint density at radius 3 is 2.86 bits per heavy atom. The van der Waals surface area contributed by atoms with Crippen LogP contribution in [-0.4, -0.2) is 21.8 Å². The van der Waals surface area contributed by atoms with Crippen LogP contribution in [0.25, 0.3) is 10.9 Å². The first-order chi connectivity index (χ1) is 10.8. The third-order valence-corrected chi connectivity index (χ3v) is 4.99. The standard InChI is InChI=1S/C18H15FN2S/c19-14-7-6-13-9-17(21-16(13)10-14)18-20-15(11-22-18)8-12-4-2-1-3-5-12/h1-7,9-10,15,21H,8,11H2. The second-order valence-corrected chi connectivity index (χ2v) is 6.51. The molecule has 3 aromatic rings. The van der Waals surface area contributed by atoms with Gasteiger partial charge in [-0.25, -0.2) is 4.39 Å². The third-order valence-electron chi connectivity index (χ3n) is 3.84. The highest BCUT2D eigenvalue weighted by atomic mass is 32.2. The van der Waals surface area contributed by atoms with Crippen molar-refractivity contribution in [2.75, 3.05) is 5.75 Å². The number of aliphatic imine (C=N–C) groups is 1. The van der Waals surface area contributed by atoms with Crippen molar-refractivity contribution in [3.8, 4) is 0 Å². The predicted molar refractivity (Wildman–Crippen MR) is 91.2 cm³/mol. The Balaban J connectivity index is 1.58. The zero-order valence-corrected chi connectivity index (χ0v) is 12.7. The molecule has 110 valence electrons. The number of benzene rings is 2. The molecule has 0 amide bonds. The molecule has 0 spiro atoms. The Morgan fingerprint density at radius 1 is 1.14 bits per heavy atom. The Hall–Kier alpha value is -2.07. The number of rotatable bonds is 3. The summed E-state index contributed by atoms with van der Waals surface area (Å²) in [6, 6.07) is 17.6. The maximum absolute atomic E-state index is 13.3. The number of nitrogens with zero attached hydrogens (tertiary/aromatic N) is 1. The summed E-state index contributed by atoms with van der Waals surface area (Å²) in [7, 11) is 0. The second kappa shape index (κ2) is 5.61. The number of hydrogen-bond acceptors (Lipinski definition) is 2. The Bertz CT molecular complexity index is 839. The maximum atomic E-state index is 13.3. The van der Waals surface area contributed by atoms with Gasteiger partial charge in [0.2, 0.25) is 0 Å². The molecule has 22 heavy (non-hydrogen) atoms. The van der Waals surface area contributed by atoms with E-state index in [0.29, 0.717) is 6.04 Å². The first kappa shape index (κ1) is 13.6. The predicted octanol–water partition coefficient (Wildman–Crippen LogP) is 4.41. The van der Waals surface area contributed by atoms with E-state index in [-0.39, 0.29) is 5.82 Å². The SMILES string of the molecule is Fc1ccc2cc(C3=NC(Cc4ccccc4)CS3)[nH]c2c1. The van der Waals surface area contributed by atoms with Gasteiger partial charge < -0.3 is 4.98 Å². The molecule has 2 heterocycles. The molecule has 1 unspecified atom stereocenters. The van der Waals surface area contributed by atoms with Crippen LogP contribution in [0.3, 0.4) is 0 Å². The first-order valence-corrected chi connectivity index (χ1v) is 8.30. The number of nitrogens with one attached hydrogen (secondary N) is 1. The lowest BCUT2D eigenvalue weighted by atomic mass is 10.1. The number of aromatic amines is 1. The molecule has 1 atom stereocenters. The zero-order chi connectivity index (χ0) is 14.9. The number of halogens is 1. The lowest BCUT2D eigenvalue weighted by molar-refractivity contribution is 0.629. The highest BCUT2D eigenvalue weighted by molar-refractivity contribution is 8.14. The molecule has 1 N–H and O–H groups in total. The molecule has 4 heteroatoms. The lowest BCUT2D eigenvalue weighted by Crippen LogP contribution is -2.07. The van der Waals surface area contributed by atoms with E-state index in [1.54, 1.807) is 17.8 Å². The van der Waals surface area contributed by atoms with Crippen molar-refractivity contribution in [3.63, 3.8) is 0 Å². The first-order valence-electron chi connectivity index (χ1n) is 7.31. The number of hydrogen-bond donors (Lipinski definition) is 1. The van der Waals surface area contributed by atoms with Crippen LogP contribution in [0, 0.1) is 5.82 Å². The summed E-state index contributed by atoms with van der Waals surface area (Å²) in [6.07, 6.45) is 0.964. The van der Waals surface area contributed by atoms with Crippen LogP contribution >= 0.6 is 11.8 Å². The van der Waals surface area contributed by atoms with E-state index in [0.717, 1.165) is 33.8 Å². The molecule has 4 rings (SSSR count). The minimum absolute atomic E-state index is 0.219. The van der Waals surface area contributed by atoms with Gasteiger partial charge in [0.25, 0.3) is 0 Å². The van der Waals surface area contributed by atoms with Crippen LogP contribution in [0.2, 0.25) is 0 Å². The monoisotopic (exact) mass is 310 g/mol. The highest BCUT2D eigenvalue weighted by Crippen LogP contribution is 2.27. The number of thioether (sulfide) groups is 1. The average molecular weight is 310 g/mol. The quantitative estimate of drug-likeness (QED) is 0.762. The summed E-state index contributed by atoms with van der Waals surface area (Å²) >= 11 is 1.77. The van der Waals surface area contributed by atoms with Crippen LogP contribution in [0.4, 0.5) is 4.39 Å². The summed E-state index contributed by atoms with van der Waals surface area (Å²) in [5.41, 5.74) is 3.13. The summed E-state index contributed by atoms with van der Waals surface area (Å²) in [4.78, 5) is 8.10. The van der Waals surface area contributed by atoms with Gasteiger partial charge >= 0.3 is 0 Å². The molecule has 0 aliphatic carbocycles. The summed E-state index contributed by atoms with van der Waals surface area (Å²) in [6.45, 7) is 0. The van der Waals surface area contributed by atoms with Gasteiger partial charge in [-0.2, -0.15) is 0 Å². The van der Waals surface area contributed by atoms with Crippen molar-refractivity contribution < 1.29 is 4.39 Å². The second-order valence-electron chi connectivity index (χ2n) is 5.50. The van der Waals surface area contributed by atoms with Gasteiger partial charge in [-0.1, -0.05) is 30.3 Å². The van der Waals surface area contributed by atoms with E-state index >= 15 is 0 Å². The molecule has 2 nitrogen and oxygen atoms in total. The van der Waals surface area contributed by atoms with Gasteiger partial charge in [-0.3, -0.25) is 4.99 Å². The van der Waals surface area contributed by atoms with E-state index in [1.807, 2.05) is 12.1 Å². The molecular formula is C18H15FN2S. The largest absolute Gasteiger partial charge is 0.353 e. The van der Waals surface area contributed by atoms with Gasteiger partial charge in [0.05, 0.1) is 11.7 Å². The smallest absolute Gasteiger partial charge is 0.125 e. The fourth-order valence-electron chi connectivity index (χ4n) is 2.77. The van der Waals surface area contributed by atoms with Crippen LogP contribution in [0.15, 0.2) is 59.6 Å². The summed E-state index contributed by atoms with van der Waals surface area (Å²) < 4.78 is 13.3. The molecule has 1 aliphatic heterocycles. The van der Waals surface area contributed by atoms with Crippen molar-refractivity contribution in [2.24, 2.45) is 4.99 Å². The van der Waals surface area contributed by atoms with E-state index < -0.39 is 0 Å². The third kappa shape index (κ3) is 2.66. The molecular weight excluding hydrogens is 295 g/mol. The Morgan fingerprint density at radius 2 is 2.00 bits per heavy atom. The Labute approximate surface area is 132 Å². The number of aromatic nitrogens is 1. The minimum Gasteiger partial charge on any atom is -0.353 e. The Kier molecular flexibility index (Phi) is 3.47. The van der Waals surface area contributed by atoms with Gasteiger partial charge in [0.1, 0.15) is 10.9 Å². The van der Waals surface area contributed by atoms with Crippen molar-refractivity contribution in [3.05, 3.63) is 71.7 Å². The topological polar surface area (TPSA) is 28.1 Å². The number of H-pyrrole nitrogens is 1. The summed E-state index contributed by atoms with van der Waals surface area (Å²) in [5, 5.41) is 2.05. The maximum Gasteiger partial charge on any atom is 0.125 e. The summed E-state index contributed by atoms with van der Waals surface area (Å²) in [5.74, 6) is 0.775. The molecule has 0 bridgehead atoms. The van der Waals surface area contributed by atoms with Crippen LogP contribution in [0.1, 0.15) is 11.3 Å². The van der Waals surface area contributed by atoms with Gasteiger partial charge in [0, 0.05) is 16.7 Å². The van der Waals surface area contributed by atoms with Crippen LogP contribution in [0.5, 0.6) is 0 Å². The van der Waals surface area contributed by atoms with Crippen LogP contribution < -0.4 is 0 Å². The minimum atomic E-state index is -0.219. The lowest BCUT2D eigenvalue weighted by Gasteiger charge is -2.04. The van der Waals surface area contributed by atoms with Crippen molar-refractivity contribution in [1.82, 2.24) is 4.98 Å². The van der Waals surface area contributed by atoms with E-state index in [2.05, 4.69) is 29.2 Å². The van der Waals surface area contributed by atoms with Gasteiger partial charge in [-0.05, 0) is 36.2 Å². The van der Waals surface area contributed by atoms with E-state index in [4.69, 9.17) is 4.99 Å². The fourth-order valence-corrected chi connectivity index (χ4v) is 3.80.